The third-order valence-electron chi connectivity index (χ3n) is 5.20. The summed E-state index contributed by atoms with van der Waals surface area (Å²) in [5.74, 6) is 0.189. The van der Waals surface area contributed by atoms with Crippen molar-refractivity contribution in [2.45, 2.75) is 39.2 Å². The predicted molar refractivity (Wildman–Crippen MR) is 109 cm³/mol. The monoisotopic (exact) mass is 334 g/mol. The lowest BCUT2D eigenvalue weighted by Gasteiger charge is -2.41. The van der Waals surface area contributed by atoms with Crippen molar-refractivity contribution in [3.63, 3.8) is 0 Å². The van der Waals surface area contributed by atoms with Gasteiger partial charge < -0.3 is 10.7 Å². The number of nitrogens with one attached hydrogen (secondary N) is 2. The number of benzene rings is 2. The second-order valence-electron chi connectivity index (χ2n) is 6.89. The summed E-state index contributed by atoms with van der Waals surface area (Å²) >= 11 is 0. The van der Waals surface area contributed by atoms with E-state index < -0.39 is 0 Å². The molecule has 0 saturated carbocycles. The Morgan fingerprint density at radius 2 is 1.84 bits per heavy atom. The molecule has 2 atom stereocenters. The molecule has 3 rings (SSSR count). The maximum absolute atomic E-state index is 8.79. The van der Waals surface area contributed by atoms with Crippen LogP contribution in [-0.2, 0) is 12.0 Å². The van der Waals surface area contributed by atoms with E-state index in [0.717, 1.165) is 24.1 Å². The predicted octanol–water partition coefficient (Wildman–Crippen LogP) is 5.25. The van der Waals surface area contributed by atoms with Gasteiger partial charge in [0, 0.05) is 17.2 Å². The van der Waals surface area contributed by atoms with Crippen molar-refractivity contribution in [2.75, 3.05) is 7.05 Å². The fraction of sp³-hybridized carbons (Fsp3) is 0.348. The van der Waals surface area contributed by atoms with Crippen LogP contribution in [0.5, 0.6) is 0 Å². The topological polar surface area (TPSA) is 35.9 Å². The Labute approximate surface area is 152 Å². The first-order chi connectivity index (χ1) is 12.0. The van der Waals surface area contributed by atoms with Crippen LogP contribution in [0.1, 0.15) is 42.5 Å². The summed E-state index contributed by atoms with van der Waals surface area (Å²) in [4.78, 5) is 0. The number of rotatable bonds is 3. The third-order valence-corrected chi connectivity index (χ3v) is 5.20. The Hall–Kier alpha value is -2.19. The molecule has 2 heteroatoms. The van der Waals surface area contributed by atoms with Gasteiger partial charge in [-0.3, -0.25) is 0 Å². The molecule has 25 heavy (non-hydrogen) atoms. The van der Waals surface area contributed by atoms with Crippen LogP contribution in [0, 0.1) is 18.3 Å². The molecule has 0 amide bonds. The highest BCUT2D eigenvalue weighted by Gasteiger charge is 2.39. The summed E-state index contributed by atoms with van der Waals surface area (Å²) in [6.07, 6.45) is 3.81. The van der Waals surface area contributed by atoms with Gasteiger partial charge in [-0.05, 0) is 63.4 Å². The SMILES string of the molecule is C=CC.CNC(C)(c1ccccc1)C1CCc2ccc(C)cc2C1=N. The molecule has 2 unspecified atom stereocenters. The Balaban J connectivity index is 0.000000701. The van der Waals surface area contributed by atoms with Gasteiger partial charge in [0.1, 0.15) is 0 Å². The van der Waals surface area contributed by atoms with Gasteiger partial charge in [-0.15, -0.1) is 6.58 Å². The molecule has 0 fully saturated rings. The van der Waals surface area contributed by atoms with E-state index in [9.17, 15) is 0 Å². The maximum atomic E-state index is 8.79. The summed E-state index contributed by atoms with van der Waals surface area (Å²) in [6.45, 7) is 9.58. The quantitative estimate of drug-likeness (QED) is 0.739. The van der Waals surface area contributed by atoms with Crippen LogP contribution in [-0.4, -0.2) is 12.8 Å². The minimum atomic E-state index is -0.209. The Morgan fingerprint density at radius 3 is 2.44 bits per heavy atom. The second-order valence-corrected chi connectivity index (χ2v) is 6.89. The van der Waals surface area contributed by atoms with Crippen molar-refractivity contribution in [1.29, 1.82) is 5.41 Å². The van der Waals surface area contributed by atoms with Gasteiger partial charge in [0.25, 0.3) is 0 Å². The van der Waals surface area contributed by atoms with Crippen molar-refractivity contribution < 1.29 is 0 Å². The molecule has 0 saturated heterocycles. The molecule has 2 nitrogen and oxygen atoms in total. The molecule has 0 aliphatic heterocycles. The summed E-state index contributed by atoms with van der Waals surface area (Å²) in [7, 11) is 2.01. The van der Waals surface area contributed by atoms with Crippen LogP contribution in [0.2, 0.25) is 0 Å². The van der Waals surface area contributed by atoms with Crippen molar-refractivity contribution in [1.82, 2.24) is 5.32 Å². The minimum absolute atomic E-state index is 0.189. The van der Waals surface area contributed by atoms with Gasteiger partial charge >= 0.3 is 0 Å². The molecule has 0 aromatic heterocycles. The molecule has 0 heterocycles. The molecule has 2 aromatic rings. The lowest BCUT2D eigenvalue weighted by atomic mass is 9.69. The number of hydrogen-bond donors (Lipinski definition) is 2. The van der Waals surface area contributed by atoms with Crippen LogP contribution >= 0.6 is 0 Å². The molecule has 2 N–H and O–H groups in total. The largest absolute Gasteiger partial charge is 0.310 e. The van der Waals surface area contributed by atoms with Gasteiger partial charge in [0.15, 0.2) is 0 Å². The fourth-order valence-corrected chi connectivity index (χ4v) is 3.67. The van der Waals surface area contributed by atoms with Crippen molar-refractivity contribution >= 4 is 5.71 Å². The maximum Gasteiger partial charge on any atom is 0.0488 e. The first-order valence-electron chi connectivity index (χ1n) is 8.97. The number of hydrogen-bond acceptors (Lipinski definition) is 2. The summed E-state index contributed by atoms with van der Waals surface area (Å²) in [5.41, 5.74) is 5.50. The molecule has 1 aliphatic carbocycles. The summed E-state index contributed by atoms with van der Waals surface area (Å²) in [6, 6.07) is 17.0. The van der Waals surface area contributed by atoms with Gasteiger partial charge in [-0.1, -0.05) is 54.1 Å². The van der Waals surface area contributed by atoms with Gasteiger partial charge in [-0.2, -0.15) is 0 Å². The van der Waals surface area contributed by atoms with Crippen molar-refractivity contribution in [2.24, 2.45) is 5.92 Å². The van der Waals surface area contributed by atoms with Crippen LogP contribution in [0.4, 0.5) is 0 Å². The smallest absolute Gasteiger partial charge is 0.0488 e. The molecule has 132 valence electrons. The average molecular weight is 335 g/mol. The third kappa shape index (κ3) is 3.91. The van der Waals surface area contributed by atoms with Gasteiger partial charge in [-0.25, -0.2) is 0 Å². The normalized spacial score (nSPS) is 18.4. The van der Waals surface area contributed by atoms with Crippen LogP contribution in [0.15, 0.2) is 61.2 Å². The molecule has 2 aromatic carbocycles. The molecule has 1 aliphatic rings. The first kappa shape index (κ1) is 19.1. The zero-order valence-electron chi connectivity index (χ0n) is 15.9. The highest BCUT2D eigenvalue weighted by molar-refractivity contribution is 6.03. The van der Waals surface area contributed by atoms with E-state index in [2.05, 4.69) is 68.2 Å². The zero-order chi connectivity index (χ0) is 18.4. The van der Waals surface area contributed by atoms with E-state index in [1.54, 1.807) is 6.08 Å². The van der Waals surface area contributed by atoms with Crippen molar-refractivity contribution in [3.05, 3.63) is 83.4 Å². The highest BCUT2D eigenvalue weighted by atomic mass is 14.9. The highest BCUT2D eigenvalue weighted by Crippen LogP contribution is 2.38. The van der Waals surface area contributed by atoms with E-state index in [0.29, 0.717) is 0 Å². The summed E-state index contributed by atoms with van der Waals surface area (Å²) in [5, 5.41) is 12.3. The lowest BCUT2D eigenvalue weighted by Crippen LogP contribution is -2.48. The molecule has 0 radical (unpaired) electrons. The van der Waals surface area contributed by atoms with E-state index in [4.69, 9.17) is 5.41 Å². The lowest BCUT2D eigenvalue weighted by molar-refractivity contribution is 0.295. The zero-order valence-corrected chi connectivity index (χ0v) is 15.9. The van der Waals surface area contributed by atoms with E-state index in [-0.39, 0.29) is 11.5 Å². The van der Waals surface area contributed by atoms with E-state index >= 15 is 0 Å². The Kier molecular flexibility index (Phi) is 6.33. The van der Waals surface area contributed by atoms with Crippen LogP contribution in [0.3, 0.4) is 0 Å². The second kappa shape index (κ2) is 8.26. The number of fused-ring (bicyclic) bond motifs is 1. The molecule has 0 bridgehead atoms. The number of allylic oxidation sites excluding steroid dienone is 1. The average Bonchev–Trinajstić information content (AvgIpc) is 2.63. The molecular formula is C23H30N2. The van der Waals surface area contributed by atoms with Gasteiger partial charge in [0.05, 0.1) is 0 Å². The Morgan fingerprint density at radius 1 is 1.20 bits per heavy atom. The van der Waals surface area contributed by atoms with Gasteiger partial charge in [0.2, 0.25) is 0 Å². The minimum Gasteiger partial charge on any atom is -0.310 e. The summed E-state index contributed by atoms with van der Waals surface area (Å²) < 4.78 is 0. The molecular weight excluding hydrogens is 304 g/mol. The van der Waals surface area contributed by atoms with Crippen LogP contribution < -0.4 is 5.32 Å². The standard InChI is InChI=1S/C20H24N2.C3H6/c1-14-9-10-15-11-12-18(19(21)17(15)13-14)20(2,22-3)16-7-5-4-6-8-16;1-3-2/h4-10,13,18,21-22H,11-12H2,1-3H3;3H,1H2,2H3. The van der Waals surface area contributed by atoms with E-state index in [1.807, 2.05) is 20.0 Å². The first-order valence-corrected chi connectivity index (χ1v) is 8.97. The number of aryl methyl sites for hydroxylation is 2. The fourth-order valence-electron chi connectivity index (χ4n) is 3.67. The molecule has 0 spiro atoms. The van der Waals surface area contributed by atoms with Crippen LogP contribution in [0.25, 0.3) is 0 Å². The Bertz CT molecular complexity index is 733. The van der Waals surface area contributed by atoms with Crippen molar-refractivity contribution in [3.8, 4) is 0 Å². The van der Waals surface area contributed by atoms with E-state index in [1.165, 1.54) is 16.7 Å².